The zero-order valence-corrected chi connectivity index (χ0v) is 8.09. The summed E-state index contributed by atoms with van der Waals surface area (Å²) < 4.78 is 11.7. The Hall–Kier alpha value is -0.410. The van der Waals surface area contributed by atoms with Crippen molar-refractivity contribution in [3.63, 3.8) is 0 Å². The van der Waals surface area contributed by atoms with Crippen LogP contribution < -0.4 is 5.32 Å². The summed E-state index contributed by atoms with van der Waals surface area (Å²) in [5.74, 6) is 0. The molecule has 0 saturated carbocycles. The van der Waals surface area contributed by atoms with Crippen LogP contribution in [0.2, 0.25) is 0 Å². The highest BCUT2D eigenvalue weighted by molar-refractivity contribution is 7.11. The molecule has 0 fully saturated rings. The van der Waals surface area contributed by atoms with Gasteiger partial charge in [-0.1, -0.05) is 0 Å². The Morgan fingerprint density at radius 2 is 2.33 bits per heavy atom. The van der Waals surface area contributed by atoms with E-state index >= 15 is 0 Å². The number of nitrogens with one attached hydrogen (secondary N) is 1. The van der Waals surface area contributed by atoms with E-state index < -0.39 is 0 Å². The number of alkyl halides is 1. The zero-order valence-electron chi connectivity index (χ0n) is 7.27. The van der Waals surface area contributed by atoms with Gasteiger partial charge in [0.25, 0.3) is 0 Å². The summed E-state index contributed by atoms with van der Waals surface area (Å²) in [7, 11) is 0. The minimum absolute atomic E-state index is 0.226. The number of hydrogen-bond donors (Lipinski definition) is 1. The molecule has 0 unspecified atom stereocenters. The van der Waals surface area contributed by atoms with Crippen molar-refractivity contribution in [2.45, 2.75) is 19.9 Å². The van der Waals surface area contributed by atoms with Crippen LogP contribution in [-0.4, -0.2) is 13.2 Å². The smallest absolute Gasteiger partial charge is 0.0906 e. The van der Waals surface area contributed by atoms with Crippen LogP contribution in [0.5, 0.6) is 0 Å². The monoisotopic (exact) mass is 187 g/mol. The number of halogens is 1. The van der Waals surface area contributed by atoms with Gasteiger partial charge in [0.15, 0.2) is 0 Å². The van der Waals surface area contributed by atoms with Gasteiger partial charge in [-0.15, -0.1) is 11.3 Å². The van der Waals surface area contributed by atoms with Crippen molar-refractivity contribution in [3.8, 4) is 0 Å². The Bertz CT molecular complexity index is 222. The highest BCUT2D eigenvalue weighted by atomic mass is 32.1. The van der Waals surface area contributed by atoms with Crippen molar-refractivity contribution in [3.05, 3.63) is 21.9 Å². The summed E-state index contributed by atoms with van der Waals surface area (Å²) in [4.78, 5) is 2.66. The summed E-state index contributed by atoms with van der Waals surface area (Å²) in [5.41, 5.74) is 0. The summed E-state index contributed by atoms with van der Waals surface area (Å²) in [5, 5.41) is 3.19. The molecule has 0 aromatic carbocycles. The van der Waals surface area contributed by atoms with Crippen LogP contribution in [0.15, 0.2) is 12.1 Å². The standard InChI is InChI=1S/C9H14FNS/c1-8-3-4-9(12-8)7-11-6-2-5-10/h3-4,11H,2,5-7H2,1H3. The fourth-order valence-corrected chi connectivity index (χ4v) is 1.84. The number of aryl methyl sites for hydroxylation is 1. The molecule has 0 amide bonds. The second-order valence-electron chi connectivity index (χ2n) is 2.73. The van der Waals surface area contributed by atoms with Crippen LogP contribution in [0.4, 0.5) is 4.39 Å². The molecule has 1 nitrogen and oxygen atoms in total. The van der Waals surface area contributed by atoms with Crippen LogP contribution in [0.1, 0.15) is 16.2 Å². The summed E-state index contributed by atoms with van der Waals surface area (Å²) in [6.07, 6.45) is 0.615. The average molecular weight is 187 g/mol. The van der Waals surface area contributed by atoms with Gasteiger partial charge in [0, 0.05) is 16.3 Å². The lowest BCUT2D eigenvalue weighted by molar-refractivity contribution is 0.459. The third-order valence-electron chi connectivity index (χ3n) is 1.58. The first-order valence-corrected chi connectivity index (χ1v) is 4.96. The maximum Gasteiger partial charge on any atom is 0.0906 e. The van der Waals surface area contributed by atoms with E-state index in [0.29, 0.717) is 6.42 Å². The molecule has 0 aliphatic rings. The molecule has 0 bridgehead atoms. The Morgan fingerprint density at radius 3 is 2.92 bits per heavy atom. The van der Waals surface area contributed by atoms with Crippen LogP contribution in [0.3, 0.4) is 0 Å². The van der Waals surface area contributed by atoms with Gasteiger partial charge in [0.05, 0.1) is 6.67 Å². The van der Waals surface area contributed by atoms with Crippen molar-refractivity contribution in [2.24, 2.45) is 0 Å². The maximum atomic E-state index is 11.7. The van der Waals surface area contributed by atoms with Crippen molar-refractivity contribution in [1.82, 2.24) is 5.32 Å². The molecular formula is C9H14FNS. The van der Waals surface area contributed by atoms with Crippen molar-refractivity contribution < 1.29 is 4.39 Å². The summed E-state index contributed by atoms with van der Waals surface area (Å²) >= 11 is 1.79. The summed E-state index contributed by atoms with van der Waals surface area (Å²) in [6.45, 7) is 3.51. The van der Waals surface area contributed by atoms with Crippen LogP contribution in [0, 0.1) is 6.92 Å². The van der Waals surface area contributed by atoms with E-state index in [9.17, 15) is 4.39 Å². The van der Waals surface area contributed by atoms with E-state index in [1.165, 1.54) is 9.75 Å². The first-order chi connectivity index (χ1) is 5.83. The Labute approximate surface area is 76.6 Å². The predicted octanol–water partition coefficient (Wildman–Crippen LogP) is 2.51. The van der Waals surface area contributed by atoms with Gasteiger partial charge in [-0.2, -0.15) is 0 Å². The van der Waals surface area contributed by atoms with Crippen molar-refractivity contribution in [1.29, 1.82) is 0 Å². The Kier molecular flexibility index (Phi) is 4.25. The lowest BCUT2D eigenvalue weighted by Gasteiger charge is -1.99. The topological polar surface area (TPSA) is 12.0 Å². The minimum Gasteiger partial charge on any atom is -0.312 e. The molecule has 3 heteroatoms. The van der Waals surface area contributed by atoms with Gasteiger partial charge in [-0.05, 0) is 32.0 Å². The normalized spacial score (nSPS) is 10.5. The molecule has 0 saturated heterocycles. The molecule has 68 valence electrons. The molecular weight excluding hydrogens is 173 g/mol. The maximum absolute atomic E-state index is 11.7. The van der Waals surface area contributed by atoms with Crippen molar-refractivity contribution >= 4 is 11.3 Å². The van der Waals surface area contributed by atoms with E-state index in [4.69, 9.17) is 0 Å². The Balaban J connectivity index is 2.15. The second-order valence-corrected chi connectivity index (χ2v) is 4.10. The largest absolute Gasteiger partial charge is 0.312 e. The number of rotatable bonds is 5. The predicted molar refractivity (Wildman–Crippen MR) is 51.4 cm³/mol. The molecule has 0 aliphatic carbocycles. The fraction of sp³-hybridized carbons (Fsp3) is 0.556. The van der Waals surface area contributed by atoms with Crippen LogP contribution in [0.25, 0.3) is 0 Å². The van der Waals surface area contributed by atoms with Gasteiger partial charge < -0.3 is 5.32 Å². The quantitative estimate of drug-likeness (QED) is 0.698. The number of thiophene rings is 1. The third-order valence-corrected chi connectivity index (χ3v) is 2.58. The average Bonchev–Trinajstić information content (AvgIpc) is 2.45. The minimum atomic E-state index is -0.226. The van der Waals surface area contributed by atoms with E-state index in [-0.39, 0.29) is 6.67 Å². The van der Waals surface area contributed by atoms with Crippen molar-refractivity contribution in [2.75, 3.05) is 13.2 Å². The molecule has 0 atom stereocenters. The van der Waals surface area contributed by atoms with Crippen LogP contribution in [-0.2, 0) is 6.54 Å². The van der Waals surface area contributed by atoms with Gasteiger partial charge >= 0.3 is 0 Å². The highest BCUT2D eigenvalue weighted by Crippen LogP contribution is 2.14. The Morgan fingerprint density at radius 1 is 1.50 bits per heavy atom. The number of hydrogen-bond acceptors (Lipinski definition) is 2. The molecule has 1 N–H and O–H groups in total. The summed E-state index contributed by atoms with van der Waals surface area (Å²) in [6, 6.07) is 4.22. The third kappa shape index (κ3) is 3.32. The lowest BCUT2D eigenvalue weighted by Crippen LogP contribution is -2.14. The van der Waals surface area contributed by atoms with E-state index in [1.54, 1.807) is 11.3 Å². The SMILES string of the molecule is Cc1ccc(CNCCCF)s1. The van der Waals surface area contributed by atoms with Gasteiger partial charge in [-0.3, -0.25) is 4.39 Å². The molecule has 0 spiro atoms. The molecule has 1 aromatic rings. The highest BCUT2D eigenvalue weighted by Gasteiger charge is 1.94. The zero-order chi connectivity index (χ0) is 8.81. The molecule has 0 aliphatic heterocycles. The molecule has 1 rings (SSSR count). The lowest BCUT2D eigenvalue weighted by atomic mass is 10.4. The van der Waals surface area contributed by atoms with E-state index in [2.05, 4.69) is 24.4 Å². The molecule has 12 heavy (non-hydrogen) atoms. The molecule has 0 radical (unpaired) electrons. The molecule has 1 heterocycles. The van der Waals surface area contributed by atoms with E-state index in [1.807, 2.05) is 0 Å². The van der Waals surface area contributed by atoms with E-state index in [0.717, 1.165) is 13.1 Å². The first-order valence-electron chi connectivity index (χ1n) is 4.15. The van der Waals surface area contributed by atoms with Gasteiger partial charge in [-0.25, -0.2) is 0 Å². The fourth-order valence-electron chi connectivity index (χ4n) is 0.984. The molecule has 1 aromatic heterocycles. The first kappa shape index (κ1) is 9.68. The van der Waals surface area contributed by atoms with Crippen LogP contribution >= 0.6 is 11.3 Å². The van der Waals surface area contributed by atoms with Gasteiger partial charge in [0.2, 0.25) is 0 Å². The van der Waals surface area contributed by atoms with Gasteiger partial charge in [0.1, 0.15) is 0 Å². The second kappa shape index (κ2) is 5.27.